The van der Waals surface area contributed by atoms with Gasteiger partial charge in [0.25, 0.3) is 0 Å². The van der Waals surface area contributed by atoms with E-state index in [1.807, 2.05) is 37.5 Å². The van der Waals surface area contributed by atoms with E-state index in [9.17, 15) is 0 Å². The number of rotatable bonds is 7. The van der Waals surface area contributed by atoms with Crippen LogP contribution < -0.4 is 10.1 Å². The molecule has 1 fully saturated rings. The summed E-state index contributed by atoms with van der Waals surface area (Å²) in [5.74, 6) is 1.91. The summed E-state index contributed by atoms with van der Waals surface area (Å²) in [4.78, 5) is 4.21. The Hall–Kier alpha value is -1.52. The van der Waals surface area contributed by atoms with Gasteiger partial charge in [-0.05, 0) is 38.0 Å². The largest absolute Gasteiger partial charge is 0.491 e. The molecule has 0 aliphatic heterocycles. The summed E-state index contributed by atoms with van der Waals surface area (Å²) < 4.78 is 8.01. The van der Waals surface area contributed by atoms with Crippen LogP contribution in [0.2, 0.25) is 5.02 Å². The Morgan fingerprint density at radius 3 is 3.00 bits per heavy atom. The zero-order chi connectivity index (χ0) is 14.7. The second kappa shape index (κ2) is 6.50. The lowest BCUT2D eigenvalue weighted by Gasteiger charge is -2.13. The van der Waals surface area contributed by atoms with Gasteiger partial charge < -0.3 is 14.6 Å². The summed E-state index contributed by atoms with van der Waals surface area (Å²) in [6.07, 6.45) is 6.33. The summed E-state index contributed by atoms with van der Waals surface area (Å²) in [6.45, 7) is 4.22. The average Bonchev–Trinajstić information content (AvgIpc) is 3.21. The number of benzene rings is 1. The van der Waals surface area contributed by atoms with Gasteiger partial charge in [-0.3, -0.25) is 0 Å². The molecule has 1 saturated carbocycles. The first-order chi connectivity index (χ1) is 10.2. The molecule has 1 N–H and O–H groups in total. The molecule has 1 aromatic carbocycles. The molecule has 21 heavy (non-hydrogen) atoms. The number of nitrogens with zero attached hydrogens (tertiary/aromatic N) is 2. The number of ether oxygens (including phenoxy) is 1. The predicted octanol–water partition coefficient (Wildman–Crippen LogP) is 3.18. The number of hydrogen-bond donors (Lipinski definition) is 1. The summed E-state index contributed by atoms with van der Waals surface area (Å²) >= 11 is 6.09. The molecule has 3 rings (SSSR count). The van der Waals surface area contributed by atoms with Crippen LogP contribution in [0.25, 0.3) is 0 Å². The monoisotopic (exact) mass is 305 g/mol. The molecule has 1 aliphatic carbocycles. The molecular formula is C16H20ClN3O. The third-order valence-electron chi connectivity index (χ3n) is 3.69. The SMILES string of the molecule is Cc1nccn1CCOc1ccc(Cl)cc1CNC1CC1. The minimum Gasteiger partial charge on any atom is -0.491 e. The van der Waals surface area contributed by atoms with Crippen molar-refractivity contribution in [1.29, 1.82) is 0 Å². The van der Waals surface area contributed by atoms with Crippen LogP contribution in [0.1, 0.15) is 24.2 Å². The Bertz CT molecular complexity index is 607. The third-order valence-corrected chi connectivity index (χ3v) is 3.93. The fourth-order valence-corrected chi connectivity index (χ4v) is 2.46. The van der Waals surface area contributed by atoms with Crippen LogP contribution in [-0.4, -0.2) is 22.2 Å². The molecule has 0 bridgehead atoms. The molecule has 0 spiro atoms. The average molecular weight is 306 g/mol. The molecule has 4 nitrogen and oxygen atoms in total. The molecular weight excluding hydrogens is 286 g/mol. The van der Waals surface area contributed by atoms with Gasteiger partial charge in [-0.2, -0.15) is 0 Å². The van der Waals surface area contributed by atoms with Crippen molar-refractivity contribution in [2.24, 2.45) is 0 Å². The van der Waals surface area contributed by atoms with Gasteiger partial charge in [-0.15, -0.1) is 0 Å². The summed E-state index contributed by atoms with van der Waals surface area (Å²) in [6, 6.07) is 6.48. The van der Waals surface area contributed by atoms with Crippen LogP contribution in [0.5, 0.6) is 5.75 Å². The normalized spacial score (nSPS) is 14.4. The van der Waals surface area contributed by atoms with Crippen molar-refractivity contribution in [1.82, 2.24) is 14.9 Å². The summed E-state index contributed by atoms with van der Waals surface area (Å²) in [5, 5.41) is 4.25. The van der Waals surface area contributed by atoms with E-state index < -0.39 is 0 Å². The number of aromatic nitrogens is 2. The number of hydrogen-bond acceptors (Lipinski definition) is 3. The van der Waals surface area contributed by atoms with Crippen LogP contribution in [0, 0.1) is 6.92 Å². The van der Waals surface area contributed by atoms with Crippen LogP contribution in [0.3, 0.4) is 0 Å². The van der Waals surface area contributed by atoms with E-state index in [4.69, 9.17) is 16.3 Å². The van der Waals surface area contributed by atoms with E-state index in [0.717, 1.165) is 35.2 Å². The van der Waals surface area contributed by atoms with Crippen LogP contribution in [0.4, 0.5) is 0 Å². The number of imidazole rings is 1. The van der Waals surface area contributed by atoms with Crippen molar-refractivity contribution in [2.45, 2.75) is 38.9 Å². The van der Waals surface area contributed by atoms with E-state index in [-0.39, 0.29) is 0 Å². The standard InChI is InChI=1S/C16H20ClN3O/c1-12-18-6-7-20(12)8-9-21-16-5-2-14(17)10-13(16)11-19-15-3-4-15/h2,5-7,10,15,19H,3-4,8-9,11H2,1H3. The molecule has 0 saturated heterocycles. The van der Waals surface area contributed by atoms with E-state index in [1.54, 1.807) is 0 Å². The molecule has 1 heterocycles. The first-order valence-electron chi connectivity index (χ1n) is 7.35. The maximum atomic E-state index is 6.09. The lowest BCUT2D eigenvalue weighted by atomic mass is 10.2. The molecule has 0 atom stereocenters. The van der Waals surface area contributed by atoms with Crippen LogP contribution in [0.15, 0.2) is 30.6 Å². The molecule has 0 unspecified atom stereocenters. The van der Waals surface area contributed by atoms with Crippen molar-refractivity contribution < 1.29 is 4.74 Å². The first-order valence-corrected chi connectivity index (χ1v) is 7.72. The Labute approximate surface area is 130 Å². The molecule has 5 heteroatoms. The number of halogens is 1. The quantitative estimate of drug-likeness (QED) is 0.854. The van der Waals surface area contributed by atoms with Crippen molar-refractivity contribution in [3.8, 4) is 5.75 Å². The van der Waals surface area contributed by atoms with Crippen molar-refractivity contribution in [3.63, 3.8) is 0 Å². The maximum Gasteiger partial charge on any atom is 0.123 e. The highest BCUT2D eigenvalue weighted by Gasteiger charge is 2.20. The summed E-state index contributed by atoms with van der Waals surface area (Å²) in [7, 11) is 0. The highest BCUT2D eigenvalue weighted by molar-refractivity contribution is 6.30. The molecule has 2 aromatic rings. The van der Waals surface area contributed by atoms with Crippen molar-refractivity contribution >= 4 is 11.6 Å². The molecule has 1 aliphatic rings. The predicted molar refractivity (Wildman–Crippen MR) is 83.8 cm³/mol. The van der Waals surface area contributed by atoms with Gasteiger partial charge in [0.15, 0.2) is 0 Å². The third kappa shape index (κ3) is 3.99. The smallest absolute Gasteiger partial charge is 0.123 e. The highest BCUT2D eigenvalue weighted by Crippen LogP contribution is 2.25. The van der Waals surface area contributed by atoms with Gasteiger partial charge in [-0.25, -0.2) is 4.98 Å². The lowest BCUT2D eigenvalue weighted by molar-refractivity contribution is 0.293. The van der Waals surface area contributed by atoms with Gasteiger partial charge in [0.2, 0.25) is 0 Å². The van der Waals surface area contributed by atoms with Gasteiger partial charge in [0.05, 0.1) is 6.54 Å². The Balaban J connectivity index is 1.59. The molecule has 1 aromatic heterocycles. The Morgan fingerprint density at radius 2 is 2.29 bits per heavy atom. The Kier molecular flexibility index (Phi) is 4.46. The van der Waals surface area contributed by atoms with E-state index in [1.165, 1.54) is 12.8 Å². The number of aryl methyl sites for hydroxylation is 1. The molecule has 112 valence electrons. The van der Waals surface area contributed by atoms with Crippen LogP contribution >= 0.6 is 11.6 Å². The van der Waals surface area contributed by atoms with E-state index in [0.29, 0.717) is 12.6 Å². The van der Waals surface area contributed by atoms with Crippen molar-refractivity contribution in [2.75, 3.05) is 6.61 Å². The first kappa shape index (κ1) is 14.4. The molecule has 0 amide bonds. The fourth-order valence-electron chi connectivity index (χ4n) is 2.26. The fraction of sp³-hybridized carbons (Fsp3) is 0.438. The Morgan fingerprint density at radius 1 is 1.43 bits per heavy atom. The maximum absolute atomic E-state index is 6.09. The van der Waals surface area contributed by atoms with Gasteiger partial charge in [0.1, 0.15) is 18.2 Å². The highest BCUT2D eigenvalue weighted by atomic mass is 35.5. The zero-order valence-electron chi connectivity index (χ0n) is 12.2. The van der Waals surface area contributed by atoms with Gasteiger partial charge >= 0.3 is 0 Å². The topological polar surface area (TPSA) is 39.1 Å². The minimum absolute atomic E-state index is 0.620. The second-order valence-corrected chi connectivity index (χ2v) is 5.86. The van der Waals surface area contributed by atoms with Gasteiger partial charge in [0, 0.05) is 35.6 Å². The van der Waals surface area contributed by atoms with E-state index >= 15 is 0 Å². The number of nitrogens with one attached hydrogen (secondary N) is 1. The molecule has 0 radical (unpaired) electrons. The van der Waals surface area contributed by atoms with Crippen LogP contribution in [-0.2, 0) is 13.1 Å². The minimum atomic E-state index is 0.620. The van der Waals surface area contributed by atoms with Crippen molar-refractivity contribution in [3.05, 3.63) is 47.0 Å². The summed E-state index contributed by atoms with van der Waals surface area (Å²) in [5.41, 5.74) is 1.12. The second-order valence-electron chi connectivity index (χ2n) is 5.42. The zero-order valence-corrected chi connectivity index (χ0v) is 12.9. The van der Waals surface area contributed by atoms with Gasteiger partial charge in [-0.1, -0.05) is 11.6 Å². The van der Waals surface area contributed by atoms with E-state index in [2.05, 4.69) is 14.9 Å². The lowest BCUT2D eigenvalue weighted by Crippen LogP contribution is -2.17.